The maximum atomic E-state index is 13.5. The van der Waals surface area contributed by atoms with Gasteiger partial charge in [-0.1, -0.05) is 29.8 Å². The van der Waals surface area contributed by atoms with Crippen molar-refractivity contribution in [3.8, 4) is 17.1 Å². The van der Waals surface area contributed by atoms with Gasteiger partial charge >= 0.3 is 0 Å². The molecule has 0 bridgehead atoms. The van der Waals surface area contributed by atoms with E-state index in [1.165, 1.54) is 24.7 Å². The Morgan fingerprint density at radius 3 is 2.66 bits per heavy atom. The molecule has 228 valence electrons. The third-order valence-electron chi connectivity index (χ3n) is 7.69. The standard InChI is InChI=1S/C33H32ClFN4O4S/c1-39(25-8-9-25)29(19-44(2,40)41)32-13-12-30(43-32)23-7-10-28-26(16-23)33(38-20-37-28)36-17-21-6-11-31(27(34)15-21)42-18-22-4-3-5-24(35)14-22/h3-7,10-16,20,25,29H,8-9,17-19H2,1-2H3,(H,36,37,38). The Morgan fingerprint density at radius 1 is 1.07 bits per heavy atom. The van der Waals surface area contributed by atoms with Crippen molar-refractivity contribution >= 4 is 38.2 Å². The van der Waals surface area contributed by atoms with E-state index < -0.39 is 9.84 Å². The lowest BCUT2D eigenvalue weighted by Crippen LogP contribution is -2.31. The van der Waals surface area contributed by atoms with Crippen molar-refractivity contribution in [3.05, 3.63) is 107 Å². The van der Waals surface area contributed by atoms with Crippen LogP contribution in [-0.2, 0) is 23.0 Å². The second-order valence-electron chi connectivity index (χ2n) is 11.2. The van der Waals surface area contributed by atoms with Crippen LogP contribution < -0.4 is 10.1 Å². The largest absolute Gasteiger partial charge is 0.487 e. The van der Waals surface area contributed by atoms with Crippen LogP contribution in [0.3, 0.4) is 0 Å². The Morgan fingerprint density at radius 2 is 1.91 bits per heavy atom. The number of nitrogens with one attached hydrogen (secondary N) is 1. The molecule has 11 heteroatoms. The number of sulfone groups is 1. The summed E-state index contributed by atoms with van der Waals surface area (Å²) in [4.78, 5) is 11.0. The molecule has 1 aliphatic carbocycles. The van der Waals surface area contributed by atoms with Gasteiger partial charge in [0.1, 0.15) is 51.7 Å². The molecule has 2 heterocycles. The lowest BCUT2D eigenvalue weighted by Gasteiger charge is -2.25. The van der Waals surface area contributed by atoms with Gasteiger partial charge in [-0.05, 0) is 85.6 Å². The van der Waals surface area contributed by atoms with E-state index in [0.29, 0.717) is 46.3 Å². The minimum absolute atomic E-state index is 0.00326. The van der Waals surface area contributed by atoms with Gasteiger partial charge in [0.05, 0.1) is 22.3 Å². The van der Waals surface area contributed by atoms with Crippen molar-refractivity contribution in [1.29, 1.82) is 0 Å². The number of aromatic nitrogens is 2. The van der Waals surface area contributed by atoms with Gasteiger partial charge in [0, 0.05) is 29.8 Å². The first-order valence-electron chi connectivity index (χ1n) is 14.3. The Hall–Kier alpha value is -3.99. The van der Waals surface area contributed by atoms with E-state index in [4.69, 9.17) is 20.8 Å². The fourth-order valence-electron chi connectivity index (χ4n) is 5.21. The number of hydrogen-bond acceptors (Lipinski definition) is 8. The highest BCUT2D eigenvalue weighted by molar-refractivity contribution is 7.90. The molecule has 0 radical (unpaired) electrons. The lowest BCUT2D eigenvalue weighted by molar-refractivity contribution is 0.225. The molecule has 0 amide bonds. The number of nitrogens with zero attached hydrogens (tertiary/aromatic N) is 3. The number of fused-ring (bicyclic) bond motifs is 1. The molecular formula is C33H32ClFN4O4S. The summed E-state index contributed by atoms with van der Waals surface area (Å²) in [5.74, 6) is 2.11. The highest BCUT2D eigenvalue weighted by atomic mass is 35.5. The van der Waals surface area contributed by atoms with Crippen LogP contribution in [0.5, 0.6) is 5.75 Å². The lowest BCUT2D eigenvalue weighted by atomic mass is 10.1. The van der Waals surface area contributed by atoms with E-state index in [2.05, 4.69) is 20.2 Å². The fourth-order valence-corrected chi connectivity index (χ4v) is 6.44. The van der Waals surface area contributed by atoms with Crippen molar-refractivity contribution in [2.24, 2.45) is 0 Å². The summed E-state index contributed by atoms with van der Waals surface area (Å²) in [6.45, 7) is 0.656. The number of anilines is 1. The number of hydrogen-bond donors (Lipinski definition) is 1. The summed E-state index contributed by atoms with van der Waals surface area (Å²) in [5.41, 5.74) is 3.23. The van der Waals surface area contributed by atoms with Gasteiger partial charge in [-0.25, -0.2) is 22.8 Å². The van der Waals surface area contributed by atoms with Crippen LogP contribution >= 0.6 is 11.6 Å². The summed E-state index contributed by atoms with van der Waals surface area (Å²) < 4.78 is 49.9. The number of rotatable bonds is 12. The van der Waals surface area contributed by atoms with E-state index in [0.717, 1.165) is 34.9 Å². The predicted octanol–water partition coefficient (Wildman–Crippen LogP) is 7.05. The normalized spacial score (nSPS) is 14.2. The van der Waals surface area contributed by atoms with Gasteiger partial charge in [0.2, 0.25) is 0 Å². The fraction of sp³-hybridized carbons (Fsp3) is 0.273. The van der Waals surface area contributed by atoms with Gasteiger partial charge in [-0.15, -0.1) is 0 Å². The third kappa shape index (κ3) is 7.20. The number of halogens is 2. The highest BCUT2D eigenvalue weighted by Gasteiger charge is 2.35. The highest BCUT2D eigenvalue weighted by Crippen LogP contribution is 2.36. The molecule has 8 nitrogen and oxygen atoms in total. The zero-order chi connectivity index (χ0) is 30.8. The van der Waals surface area contributed by atoms with Gasteiger partial charge in [-0.3, -0.25) is 4.90 Å². The molecule has 5 aromatic rings. The molecular weight excluding hydrogens is 603 g/mol. The first-order valence-corrected chi connectivity index (χ1v) is 16.7. The summed E-state index contributed by atoms with van der Waals surface area (Å²) >= 11 is 6.49. The Labute approximate surface area is 260 Å². The van der Waals surface area contributed by atoms with Crippen molar-refractivity contribution in [2.45, 2.75) is 38.1 Å². The van der Waals surface area contributed by atoms with E-state index in [1.807, 2.05) is 49.5 Å². The van der Waals surface area contributed by atoms with E-state index in [9.17, 15) is 12.8 Å². The average molecular weight is 635 g/mol. The summed E-state index contributed by atoms with van der Waals surface area (Å²) in [6.07, 6.45) is 4.89. The molecule has 1 atom stereocenters. The van der Waals surface area contributed by atoms with Crippen molar-refractivity contribution in [2.75, 3.05) is 24.4 Å². The maximum absolute atomic E-state index is 13.5. The number of benzene rings is 3. The monoisotopic (exact) mass is 634 g/mol. The predicted molar refractivity (Wildman–Crippen MR) is 170 cm³/mol. The molecule has 0 saturated heterocycles. The smallest absolute Gasteiger partial charge is 0.149 e. The van der Waals surface area contributed by atoms with Gasteiger partial charge in [0.25, 0.3) is 0 Å². The van der Waals surface area contributed by atoms with Crippen molar-refractivity contribution in [1.82, 2.24) is 14.9 Å². The van der Waals surface area contributed by atoms with Gasteiger partial charge < -0.3 is 14.5 Å². The first-order chi connectivity index (χ1) is 21.1. The van der Waals surface area contributed by atoms with Crippen LogP contribution in [0.15, 0.2) is 83.5 Å². The quantitative estimate of drug-likeness (QED) is 0.156. The van der Waals surface area contributed by atoms with E-state index in [1.54, 1.807) is 18.2 Å². The van der Waals surface area contributed by atoms with Crippen LogP contribution in [0.2, 0.25) is 5.02 Å². The molecule has 6 rings (SSSR count). The summed E-state index contributed by atoms with van der Waals surface area (Å²) in [6, 6.07) is 21.3. The van der Waals surface area contributed by atoms with Gasteiger partial charge in [0.15, 0.2) is 0 Å². The molecule has 2 aromatic heterocycles. The van der Waals surface area contributed by atoms with Crippen LogP contribution in [0, 0.1) is 5.82 Å². The summed E-state index contributed by atoms with van der Waals surface area (Å²) in [7, 11) is -1.26. The average Bonchev–Trinajstić information content (AvgIpc) is 3.73. The Bertz CT molecular complexity index is 1910. The molecule has 0 aliphatic heterocycles. The maximum Gasteiger partial charge on any atom is 0.149 e. The van der Waals surface area contributed by atoms with E-state index in [-0.39, 0.29) is 24.2 Å². The topological polar surface area (TPSA) is 97.6 Å². The number of furan rings is 1. The Kier molecular flexibility index (Phi) is 8.57. The van der Waals surface area contributed by atoms with Crippen LogP contribution in [0.1, 0.15) is 35.8 Å². The SMILES string of the molecule is CN(C1CC1)C(CS(C)(=O)=O)c1ccc(-c2ccc3ncnc(NCc4ccc(OCc5cccc(F)c5)c(Cl)c4)c3c2)o1. The number of ether oxygens (including phenoxy) is 1. The molecule has 1 aliphatic rings. The second-order valence-corrected chi connectivity index (χ2v) is 13.8. The van der Waals surface area contributed by atoms with E-state index >= 15 is 0 Å². The third-order valence-corrected chi connectivity index (χ3v) is 8.91. The molecule has 1 saturated carbocycles. The van der Waals surface area contributed by atoms with Gasteiger partial charge in [-0.2, -0.15) is 0 Å². The zero-order valence-corrected chi connectivity index (χ0v) is 25.9. The second kappa shape index (κ2) is 12.6. The Balaban J connectivity index is 1.18. The molecule has 3 aromatic carbocycles. The minimum Gasteiger partial charge on any atom is -0.487 e. The molecule has 1 N–H and O–H groups in total. The molecule has 1 fully saturated rings. The van der Waals surface area contributed by atoms with Crippen LogP contribution in [0.25, 0.3) is 22.2 Å². The van der Waals surface area contributed by atoms with Crippen molar-refractivity contribution in [3.63, 3.8) is 0 Å². The summed E-state index contributed by atoms with van der Waals surface area (Å²) in [5, 5.41) is 4.64. The zero-order valence-electron chi connectivity index (χ0n) is 24.3. The first kappa shape index (κ1) is 30.1. The molecule has 1 unspecified atom stereocenters. The minimum atomic E-state index is -3.22. The van der Waals surface area contributed by atoms with Crippen LogP contribution in [-0.4, -0.2) is 48.4 Å². The molecule has 0 spiro atoms. The molecule has 44 heavy (non-hydrogen) atoms. The van der Waals surface area contributed by atoms with Crippen LogP contribution in [0.4, 0.5) is 10.2 Å². The van der Waals surface area contributed by atoms with Crippen molar-refractivity contribution < 1.29 is 22.0 Å².